The molecule has 0 unspecified atom stereocenters. The monoisotopic (exact) mass is 322 g/mol. The molecule has 5 nitrogen and oxygen atoms in total. The summed E-state index contributed by atoms with van der Waals surface area (Å²) in [6.07, 6.45) is -4.71. The molecule has 0 aliphatic heterocycles. The van der Waals surface area contributed by atoms with Crippen LogP contribution in [0, 0.1) is 5.82 Å². The van der Waals surface area contributed by atoms with Crippen LogP contribution < -0.4 is 16.0 Å². The summed E-state index contributed by atoms with van der Waals surface area (Å²) in [5, 5.41) is -0.148. The van der Waals surface area contributed by atoms with E-state index in [0.29, 0.717) is 6.07 Å². The number of hydrazine groups is 1. The zero-order valence-electron chi connectivity index (χ0n) is 10.1. The lowest BCUT2D eigenvalue weighted by Gasteiger charge is -2.10. The number of aromatic nitrogens is 2. The number of rotatable bonds is 3. The van der Waals surface area contributed by atoms with E-state index >= 15 is 0 Å². The highest BCUT2D eigenvalue weighted by atomic mass is 35.5. The minimum absolute atomic E-state index is 0.0771. The van der Waals surface area contributed by atoms with Crippen molar-refractivity contribution in [3.05, 3.63) is 40.8 Å². The largest absolute Gasteiger partial charge is 0.439 e. The molecule has 2 rings (SSSR count). The van der Waals surface area contributed by atoms with Crippen LogP contribution >= 0.6 is 11.6 Å². The summed E-state index contributed by atoms with van der Waals surface area (Å²) in [6.45, 7) is 0. The molecule has 0 spiro atoms. The third-order valence-electron chi connectivity index (χ3n) is 2.24. The van der Waals surface area contributed by atoms with Crippen LogP contribution in [-0.2, 0) is 6.18 Å². The van der Waals surface area contributed by atoms with Gasteiger partial charge in [0.15, 0.2) is 5.69 Å². The van der Waals surface area contributed by atoms with Gasteiger partial charge in [-0.3, -0.25) is 5.43 Å². The standard InChI is InChI=1S/C11H7ClF4N4O/c12-6-2-1-5(3-7(6)13)21-9-4-8(11(14,15)16)18-10(19-9)20-17/h1-4H,17H2,(H,18,19,20). The van der Waals surface area contributed by atoms with E-state index in [0.717, 1.165) is 6.07 Å². The molecule has 10 heteroatoms. The molecular weight excluding hydrogens is 316 g/mol. The number of benzene rings is 1. The van der Waals surface area contributed by atoms with Crippen LogP contribution in [0.15, 0.2) is 24.3 Å². The van der Waals surface area contributed by atoms with Gasteiger partial charge in [-0.05, 0) is 12.1 Å². The van der Waals surface area contributed by atoms with Gasteiger partial charge in [-0.2, -0.15) is 18.2 Å². The fourth-order valence-corrected chi connectivity index (χ4v) is 1.47. The molecule has 2 aromatic rings. The Labute approximate surface area is 120 Å². The lowest BCUT2D eigenvalue weighted by Crippen LogP contribution is -2.15. The number of hydrogen-bond acceptors (Lipinski definition) is 5. The van der Waals surface area contributed by atoms with Gasteiger partial charge in [-0.25, -0.2) is 15.2 Å². The fourth-order valence-electron chi connectivity index (χ4n) is 1.35. The Morgan fingerprint density at radius 3 is 2.48 bits per heavy atom. The van der Waals surface area contributed by atoms with Crippen molar-refractivity contribution in [1.82, 2.24) is 9.97 Å². The predicted molar refractivity (Wildman–Crippen MR) is 66.3 cm³/mol. The molecular formula is C11H7ClF4N4O. The average molecular weight is 323 g/mol. The first-order chi connectivity index (χ1) is 9.79. The zero-order valence-corrected chi connectivity index (χ0v) is 10.8. The van der Waals surface area contributed by atoms with Gasteiger partial charge in [0.05, 0.1) is 5.02 Å². The Hall–Kier alpha value is -2.13. The molecule has 0 aliphatic rings. The summed E-state index contributed by atoms with van der Waals surface area (Å²) in [5.41, 5.74) is 0.634. The Balaban J connectivity index is 2.36. The van der Waals surface area contributed by atoms with E-state index in [1.807, 2.05) is 5.43 Å². The number of nitrogens with one attached hydrogen (secondary N) is 1. The summed E-state index contributed by atoms with van der Waals surface area (Å²) < 4.78 is 56.2. The van der Waals surface area contributed by atoms with Crippen LogP contribution in [0.25, 0.3) is 0 Å². The normalized spacial score (nSPS) is 11.3. The Bertz CT molecular complexity index is 665. The smallest absolute Gasteiger partial charge is 0.433 e. The van der Waals surface area contributed by atoms with E-state index < -0.39 is 29.5 Å². The molecule has 112 valence electrons. The molecule has 0 radical (unpaired) electrons. The molecule has 0 aliphatic carbocycles. The number of hydrogen-bond donors (Lipinski definition) is 2. The molecule has 1 aromatic carbocycles. The number of anilines is 1. The molecule has 0 bridgehead atoms. The van der Waals surface area contributed by atoms with Gasteiger partial charge in [0.1, 0.15) is 11.6 Å². The first-order valence-electron chi connectivity index (χ1n) is 5.35. The maximum atomic E-state index is 13.2. The van der Waals surface area contributed by atoms with Crippen LogP contribution in [-0.4, -0.2) is 9.97 Å². The van der Waals surface area contributed by atoms with Crippen molar-refractivity contribution < 1.29 is 22.3 Å². The van der Waals surface area contributed by atoms with Crippen LogP contribution in [0.4, 0.5) is 23.5 Å². The molecule has 1 heterocycles. The Morgan fingerprint density at radius 1 is 1.19 bits per heavy atom. The molecule has 0 fully saturated rings. The van der Waals surface area contributed by atoms with Crippen LogP contribution in [0.2, 0.25) is 5.02 Å². The third-order valence-corrected chi connectivity index (χ3v) is 2.54. The minimum Gasteiger partial charge on any atom is -0.439 e. The summed E-state index contributed by atoms with van der Waals surface area (Å²) in [4.78, 5) is 6.74. The summed E-state index contributed by atoms with van der Waals surface area (Å²) in [5.74, 6) is 3.19. The number of ether oxygens (including phenoxy) is 1. The van der Waals surface area contributed by atoms with E-state index in [-0.39, 0.29) is 10.8 Å². The van der Waals surface area contributed by atoms with E-state index in [1.165, 1.54) is 12.1 Å². The highest BCUT2D eigenvalue weighted by Gasteiger charge is 2.34. The molecule has 21 heavy (non-hydrogen) atoms. The molecule has 1 aromatic heterocycles. The number of alkyl halides is 3. The molecule has 0 atom stereocenters. The van der Waals surface area contributed by atoms with Crippen LogP contribution in [0.1, 0.15) is 5.69 Å². The van der Waals surface area contributed by atoms with Crippen LogP contribution in [0.3, 0.4) is 0 Å². The first-order valence-corrected chi connectivity index (χ1v) is 5.73. The van der Waals surface area contributed by atoms with E-state index in [2.05, 4.69) is 9.97 Å². The topological polar surface area (TPSA) is 73.1 Å². The van der Waals surface area contributed by atoms with E-state index in [9.17, 15) is 17.6 Å². The van der Waals surface area contributed by atoms with Gasteiger partial charge in [0, 0.05) is 12.1 Å². The van der Waals surface area contributed by atoms with Gasteiger partial charge in [-0.15, -0.1) is 0 Å². The van der Waals surface area contributed by atoms with Gasteiger partial charge in [0.2, 0.25) is 11.8 Å². The number of nitrogen functional groups attached to an aromatic ring is 1. The lowest BCUT2D eigenvalue weighted by molar-refractivity contribution is -0.141. The second kappa shape index (κ2) is 5.70. The van der Waals surface area contributed by atoms with Crippen LogP contribution in [0.5, 0.6) is 11.6 Å². The van der Waals surface area contributed by atoms with Crippen molar-refractivity contribution in [1.29, 1.82) is 0 Å². The van der Waals surface area contributed by atoms with Gasteiger partial charge in [0.25, 0.3) is 0 Å². The Morgan fingerprint density at radius 2 is 1.90 bits per heavy atom. The second-order valence-corrected chi connectivity index (χ2v) is 4.14. The fraction of sp³-hybridized carbons (Fsp3) is 0.0909. The minimum atomic E-state index is -4.71. The van der Waals surface area contributed by atoms with Crippen molar-refractivity contribution in [2.75, 3.05) is 5.43 Å². The molecule has 0 amide bonds. The van der Waals surface area contributed by atoms with Crippen molar-refractivity contribution in [2.24, 2.45) is 5.84 Å². The van der Waals surface area contributed by atoms with Gasteiger partial charge >= 0.3 is 6.18 Å². The van der Waals surface area contributed by atoms with Crippen molar-refractivity contribution in [2.45, 2.75) is 6.18 Å². The number of nitrogens with zero attached hydrogens (tertiary/aromatic N) is 2. The summed E-state index contributed by atoms with van der Waals surface area (Å²) in [7, 11) is 0. The number of nitrogens with two attached hydrogens (primary N) is 1. The van der Waals surface area contributed by atoms with Gasteiger partial charge in [-0.1, -0.05) is 11.6 Å². The Kier molecular flexibility index (Phi) is 4.14. The SMILES string of the molecule is NNc1nc(Oc2ccc(Cl)c(F)c2)cc(C(F)(F)F)n1. The predicted octanol–water partition coefficient (Wildman–Crippen LogP) is 3.37. The van der Waals surface area contributed by atoms with Gasteiger partial charge < -0.3 is 4.74 Å². The summed E-state index contributed by atoms with van der Waals surface area (Å²) >= 11 is 5.48. The second-order valence-electron chi connectivity index (χ2n) is 3.74. The van der Waals surface area contributed by atoms with Crippen molar-refractivity contribution in [3.8, 4) is 11.6 Å². The first kappa shape index (κ1) is 15.3. The maximum absolute atomic E-state index is 13.2. The summed E-state index contributed by atoms with van der Waals surface area (Å²) in [6, 6.07) is 3.94. The number of halogens is 5. The molecule has 0 saturated carbocycles. The van der Waals surface area contributed by atoms with E-state index in [1.54, 1.807) is 0 Å². The molecule has 3 N–H and O–H groups in total. The third kappa shape index (κ3) is 3.70. The average Bonchev–Trinajstić information content (AvgIpc) is 2.41. The van der Waals surface area contributed by atoms with Crippen molar-refractivity contribution >= 4 is 17.5 Å². The highest BCUT2D eigenvalue weighted by Crippen LogP contribution is 2.32. The molecule has 0 saturated heterocycles. The maximum Gasteiger partial charge on any atom is 0.433 e. The van der Waals surface area contributed by atoms with E-state index in [4.69, 9.17) is 22.2 Å². The quantitative estimate of drug-likeness (QED) is 0.515. The zero-order chi connectivity index (χ0) is 15.6. The highest BCUT2D eigenvalue weighted by molar-refractivity contribution is 6.30. The van der Waals surface area contributed by atoms with Crippen molar-refractivity contribution in [3.63, 3.8) is 0 Å². The lowest BCUT2D eigenvalue weighted by atomic mass is 10.3.